The number of benzene rings is 2. The van der Waals surface area contributed by atoms with Gasteiger partial charge >= 0.3 is 5.69 Å². The van der Waals surface area contributed by atoms with E-state index in [0.29, 0.717) is 52.4 Å². The van der Waals surface area contributed by atoms with Gasteiger partial charge in [-0.25, -0.2) is 22.6 Å². The maximum atomic E-state index is 14.1. The topological polar surface area (TPSA) is 103 Å². The van der Waals surface area contributed by atoms with Gasteiger partial charge < -0.3 is 14.5 Å². The van der Waals surface area contributed by atoms with Crippen LogP contribution in [0, 0.1) is 5.82 Å². The molecule has 1 N–H and O–H groups in total. The molecule has 10 heteroatoms. The number of aromatic amines is 1. The molecule has 0 aliphatic carbocycles. The van der Waals surface area contributed by atoms with Crippen molar-refractivity contribution in [3.63, 3.8) is 0 Å². The Balaban J connectivity index is 1.81. The third kappa shape index (κ3) is 5.37. The lowest BCUT2D eigenvalue weighted by molar-refractivity contribution is 0.310. The van der Waals surface area contributed by atoms with Crippen LogP contribution in [0.3, 0.4) is 0 Å². The predicted molar refractivity (Wildman–Crippen MR) is 132 cm³/mol. The van der Waals surface area contributed by atoms with E-state index in [1.54, 1.807) is 48.7 Å². The first-order valence-electron chi connectivity index (χ1n) is 11.0. The number of methoxy groups -OCH3 is 1. The Kier molecular flexibility index (Phi) is 6.93. The summed E-state index contributed by atoms with van der Waals surface area (Å²) < 4.78 is 51.1. The molecule has 2 aromatic carbocycles. The Morgan fingerprint density at radius 2 is 1.91 bits per heavy atom. The number of aromatic nitrogens is 3. The van der Waals surface area contributed by atoms with Crippen molar-refractivity contribution < 1.29 is 22.3 Å². The summed E-state index contributed by atoms with van der Waals surface area (Å²) in [7, 11) is -1.98. The van der Waals surface area contributed by atoms with Crippen molar-refractivity contribution in [1.29, 1.82) is 0 Å². The molecular formula is C25H26FN3O5S. The minimum absolute atomic E-state index is 0.297. The number of pyridine rings is 1. The zero-order chi connectivity index (χ0) is 25.2. The van der Waals surface area contributed by atoms with Gasteiger partial charge in [-0.2, -0.15) is 0 Å². The number of rotatable bonds is 9. The van der Waals surface area contributed by atoms with Crippen LogP contribution >= 0.6 is 0 Å². The maximum Gasteiger partial charge on any atom is 0.328 e. The average molecular weight is 500 g/mol. The van der Waals surface area contributed by atoms with Crippen molar-refractivity contribution in [3.8, 4) is 11.5 Å². The third-order valence-electron chi connectivity index (χ3n) is 5.61. The number of hydrogen-bond donors (Lipinski definition) is 1. The highest BCUT2D eigenvalue weighted by Gasteiger charge is 2.25. The molecule has 0 bridgehead atoms. The van der Waals surface area contributed by atoms with Gasteiger partial charge in [-0.3, -0.25) is 4.57 Å². The van der Waals surface area contributed by atoms with E-state index in [-0.39, 0.29) is 11.6 Å². The maximum absolute atomic E-state index is 14.1. The third-order valence-corrected chi connectivity index (χ3v) is 6.53. The number of halogens is 1. The second-order valence-corrected chi connectivity index (χ2v) is 10.4. The van der Waals surface area contributed by atoms with Gasteiger partial charge in [0.1, 0.15) is 15.7 Å². The van der Waals surface area contributed by atoms with Gasteiger partial charge in [0.05, 0.1) is 31.0 Å². The molecule has 1 atom stereocenters. The lowest BCUT2D eigenvalue weighted by Gasteiger charge is -2.20. The van der Waals surface area contributed by atoms with E-state index in [0.717, 1.165) is 6.26 Å². The van der Waals surface area contributed by atoms with Gasteiger partial charge in [0, 0.05) is 18.9 Å². The molecule has 2 aromatic heterocycles. The molecule has 0 aliphatic heterocycles. The van der Waals surface area contributed by atoms with Crippen molar-refractivity contribution in [2.75, 3.05) is 25.7 Å². The Morgan fingerprint density at radius 1 is 1.14 bits per heavy atom. The molecule has 35 heavy (non-hydrogen) atoms. The van der Waals surface area contributed by atoms with Gasteiger partial charge in [0.25, 0.3) is 0 Å². The number of H-pyrrole nitrogens is 1. The highest BCUT2D eigenvalue weighted by atomic mass is 32.2. The number of nitrogens with zero attached hydrogens (tertiary/aromatic N) is 2. The van der Waals surface area contributed by atoms with Crippen molar-refractivity contribution in [2.45, 2.75) is 19.4 Å². The molecule has 0 amide bonds. The standard InChI is InChI=1S/C25H26FN3O5S/c1-4-34-23-13-18(9-10-22(23)33-2)21(15-35(3,31)32)29-24-20(28-25(29)30)12-16(14-27-24)11-17-7-5-6-8-19(17)26/h5-10,12-14,21H,4,11,15H2,1-3H3,(H,28,30). The van der Waals surface area contributed by atoms with Crippen molar-refractivity contribution in [1.82, 2.24) is 14.5 Å². The molecule has 1 unspecified atom stereocenters. The van der Waals surface area contributed by atoms with Crippen LogP contribution in [0.5, 0.6) is 11.5 Å². The molecular weight excluding hydrogens is 473 g/mol. The molecule has 4 aromatic rings. The number of sulfone groups is 1. The summed E-state index contributed by atoms with van der Waals surface area (Å²) in [4.78, 5) is 20.3. The normalized spacial score (nSPS) is 12.6. The van der Waals surface area contributed by atoms with Crippen LogP contribution in [0.25, 0.3) is 11.2 Å². The molecule has 0 saturated carbocycles. The van der Waals surface area contributed by atoms with Gasteiger partial charge in [0.15, 0.2) is 17.1 Å². The van der Waals surface area contributed by atoms with E-state index in [1.165, 1.54) is 17.7 Å². The minimum atomic E-state index is -3.49. The van der Waals surface area contributed by atoms with E-state index < -0.39 is 21.6 Å². The molecule has 0 saturated heterocycles. The van der Waals surface area contributed by atoms with E-state index in [2.05, 4.69) is 9.97 Å². The first kappa shape index (κ1) is 24.5. The fourth-order valence-corrected chi connectivity index (χ4v) is 4.99. The second kappa shape index (κ2) is 9.91. The van der Waals surface area contributed by atoms with E-state index in [1.807, 2.05) is 6.92 Å². The number of imidazole rings is 1. The lowest BCUT2D eigenvalue weighted by Crippen LogP contribution is -2.28. The van der Waals surface area contributed by atoms with Gasteiger partial charge in [-0.1, -0.05) is 24.3 Å². The predicted octanol–water partition coefficient (Wildman–Crippen LogP) is 3.50. The van der Waals surface area contributed by atoms with Crippen molar-refractivity contribution >= 4 is 21.0 Å². The van der Waals surface area contributed by atoms with Gasteiger partial charge in [0.2, 0.25) is 0 Å². The second-order valence-electron chi connectivity index (χ2n) is 8.23. The molecule has 0 aliphatic rings. The molecule has 2 heterocycles. The van der Waals surface area contributed by atoms with Gasteiger partial charge in [-0.05, 0) is 47.9 Å². The number of hydrogen-bond acceptors (Lipinski definition) is 6. The molecule has 0 spiro atoms. The first-order valence-corrected chi connectivity index (χ1v) is 13.1. The summed E-state index contributed by atoms with van der Waals surface area (Å²) in [6, 6.07) is 12.4. The summed E-state index contributed by atoms with van der Waals surface area (Å²) >= 11 is 0. The number of fused-ring (bicyclic) bond motifs is 1. The van der Waals surface area contributed by atoms with Crippen molar-refractivity contribution in [3.05, 3.63) is 87.7 Å². The quantitative estimate of drug-likeness (QED) is 0.378. The minimum Gasteiger partial charge on any atom is -0.493 e. The fourth-order valence-electron chi connectivity index (χ4n) is 4.08. The van der Waals surface area contributed by atoms with Crippen molar-refractivity contribution in [2.24, 2.45) is 0 Å². The Labute approximate surface area is 202 Å². The van der Waals surface area contributed by atoms with Crippen LogP contribution in [0.4, 0.5) is 4.39 Å². The number of nitrogens with one attached hydrogen (secondary N) is 1. The highest BCUT2D eigenvalue weighted by Crippen LogP contribution is 2.32. The molecule has 4 rings (SSSR count). The zero-order valence-electron chi connectivity index (χ0n) is 19.6. The Hall–Kier alpha value is -3.66. The summed E-state index contributed by atoms with van der Waals surface area (Å²) in [6.07, 6.45) is 2.98. The largest absolute Gasteiger partial charge is 0.493 e. The Bertz CT molecular complexity index is 1530. The molecule has 0 radical (unpaired) electrons. The van der Waals surface area contributed by atoms with Gasteiger partial charge in [-0.15, -0.1) is 0 Å². The summed E-state index contributed by atoms with van der Waals surface area (Å²) in [5.74, 6) is 0.294. The number of ether oxygens (including phenoxy) is 2. The summed E-state index contributed by atoms with van der Waals surface area (Å²) in [6.45, 7) is 2.21. The van der Waals surface area contributed by atoms with Crippen LogP contribution in [0.1, 0.15) is 29.7 Å². The van der Waals surface area contributed by atoms with Crippen LogP contribution in [-0.2, 0) is 16.3 Å². The highest BCUT2D eigenvalue weighted by molar-refractivity contribution is 7.90. The van der Waals surface area contributed by atoms with Crippen LogP contribution in [0.15, 0.2) is 59.5 Å². The van der Waals surface area contributed by atoms with Crippen LogP contribution in [0.2, 0.25) is 0 Å². The average Bonchev–Trinajstić information content (AvgIpc) is 3.13. The van der Waals surface area contributed by atoms with E-state index in [9.17, 15) is 17.6 Å². The van der Waals surface area contributed by atoms with E-state index >= 15 is 0 Å². The SMILES string of the molecule is CCOc1cc(C(CS(C)(=O)=O)n2c(=O)[nH]c3cc(Cc4ccccc4F)cnc32)ccc1OC. The summed E-state index contributed by atoms with van der Waals surface area (Å²) in [5, 5.41) is 0. The smallest absolute Gasteiger partial charge is 0.328 e. The molecule has 8 nitrogen and oxygen atoms in total. The summed E-state index contributed by atoms with van der Waals surface area (Å²) in [5.41, 5.74) is 2.00. The van der Waals surface area contributed by atoms with E-state index in [4.69, 9.17) is 9.47 Å². The fraction of sp³-hybridized carbons (Fsp3) is 0.280. The first-order chi connectivity index (χ1) is 16.7. The Morgan fingerprint density at radius 3 is 2.60 bits per heavy atom. The molecule has 184 valence electrons. The molecule has 0 fully saturated rings. The van der Waals surface area contributed by atoms with Crippen LogP contribution < -0.4 is 15.2 Å². The monoisotopic (exact) mass is 499 g/mol. The van der Waals surface area contributed by atoms with Crippen LogP contribution in [-0.4, -0.2) is 48.7 Å². The lowest BCUT2D eigenvalue weighted by atomic mass is 10.1. The zero-order valence-corrected chi connectivity index (χ0v) is 20.4.